The summed E-state index contributed by atoms with van der Waals surface area (Å²) in [5, 5.41) is 0. The molecule has 0 amide bonds. The SMILES string of the molecule is Cc1cccc(S(=O)(=O)Nc2ccc(CC(N)=S)cc2)c1. The van der Waals surface area contributed by atoms with Gasteiger partial charge in [-0.05, 0) is 42.3 Å². The molecule has 2 aromatic rings. The molecule has 4 nitrogen and oxygen atoms in total. The summed E-state index contributed by atoms with van der Waals surface area (Å²) in [5.41, 5.74) is 7.82. The van der Waals surface area contributed by atoms with Crippen LogP contribution in [0, 0.1) is 6.92 Å². The number of nitrogens with two attached hydrogens (primary N) is 1. The van der Waals surface area contributed by atoms with Crippen LogP contribution in [0.1, 0.15) is 11.1 Å². The lowest BCUT2D eigenvalue weighted by Crippen LogP contribution is -2.13. The van der Waals surface area contributed by atoms with Crippen LogP contribution in [0.5, 0.6) is 0 Å². The Hall–Kier alpha value is -1.92. The van der Waals surface area contributed by atoms with E-state index < -0.39 is 10.0 Å². The molecule has 2 aromatic carbocycles. The Morgan fingerprint density at radius 1 is 1.19 bits per heavy atom. The monoisotopic (exact) mass is 320 g/mol. The topological polar surface area (TPSA) is 72.2 Å². The summed E-state index contributed by atoms with van der Waals surface area (Å²) < 4.78 is 27.1. The maximum absolute atomic E-state index is 12.3. The Morgan fingerprint density at radius 2 is 1.86 bits per heavy atom. The van der Waals surface area contributed by atoms with E-state index in [1.807, 2.05) is 13.0 Å². The fraction of sp³-hybridized carbons (Fsp3) is 0.133. The number of hydrogen-bond acceptors (Lipinski definition) is 3. The van der Waals surface area contributed by atoms with Crippen molar-refractivity contribution in [3.63, 3.8) is 0 Å². The highest BCUT2D eigenvalue weighted by Crippen LogP contribution is 2.17. The molecule has 0 atom stereocenters. The lowest BCUT2D eigenvalue weighted by Gasteiger charge is -2.09. The molecule has 3 N–H and O–H groups in total. The third-order valence-electron chi connectivity index (χ3n) is 2.88. The van der Waals surface area contributed by atoms with Crippen LogP contribution in [-0.4, -0.2) is 13.4 Å². The number of thiocarbonyl (C=S) groups is 1. The standard InChI is InChI=1S/C15H16N2O2S2/c1-11-3-2-4-14(9-11)21(18,19)17-13-7-5-12(6-8-13)10-15(16)20/h2-9,17H,10H2,1H3,(H2,16,20). The fourth-order valence-corrected chi connectivity index (χ4v) is 3.22. The van der Waals surface area contributed by atoms with Gasteiger partial charge in [-0.3, -0.25) is 4.72 Å². The zero-order chi connectivity index (χ0) is 15.5. The largest absolute Gasteiger partial charge is 0.393 e. The quantitative estimate of drug-likeness (QED) is 0.831. The molecular formula is C15H16N2O2S2. The summed E-state index contributed by atoms with van der Waals surface area (Å²) >= 11 is 4.84. The highest BCUT2D eigenvalue weighted by atomic mass is 32.2. The minimum Gasteiger partial charge on any atom is -0.393 e. The molecule has 0 fully saturated rings. The zero-order valence-corrected chi connectivity index (χ0v) is 13.2. The molecule has 0 aromatic heterocycles. The van der Waals surface area contributed by atoms with Gasteiger partial charge in [0, 0.05) is 12.1 Å². The third-order valence-corrected chi connectivity index (χ3v) is 4.41. The van der Waals surface area contributed by atoms with Gasteiger partial charge in [0.2, 0.25) is 0 Å². The Labute approximate surface area is 130 Å². The van der Waals surface area contributed by atoms with E-state index in [1.165, 1.54) is 0 Å². The van der Waals surface area contributed by atoms with Gasteiger partial charge in [0.1, 0.15) is 0 Å². The molecule has 21 heavy (non-hydrogen) atoms. The van der Waals surface area contributed by atoms with E-state index in [1.54, 1.807) is 42.5 Å². The Kier molecular flexibility index (Phi) is 4.59. The summed E-state index contributed by atoms with van der Waals surface area (Å²) in [4.78, 5) is 0.651. The van der Waals surface area contributed by atoms with Crippen molar-refractivity contribution < 1.29 is 8.42 Å². The highest BCUT2D eigenvalue weighted by molar-refractivity contribution is 7.92. The van der Waals surface area contributed by atoms with E-state index in [4.69, 9.17) is 18.0 Å². The van der Waals surface area contributed by atoms with Gasteiger partial charge in [-0.15, -0.1) is 0 Å². The predicted molar refractivity (Wildman–Crippen MR) is 88.9 cm³/mol. The molecule has 0 unspecified atom stereocenters. The van der Waals surface area contributed by atoms with Gasteiger partial charge >= 0.3 is 0 Å². The van der Waals surface area contributed by atoms with Gasteiger partial charge in [0.05, 0.1) is 9.88 Å². The van der Waals surface area contributed by atoms with Crippen molar-refractivity contribution in [3.8, 4) is 0 Å². The number of rotatable bonds is 5. The minimum atomic E-state index is -3.57. The van der Waals surface area contributed by atoms with E-state index in [0.29, 0.717) is 17.1 Å². The van der Waals surface area contributed by atoms with Gasteiger partial charge in [-0.1, -0.05) is 36.5 Å². The van der Waals surface area contributed by atoms with Crippen molar-refractivity contribution in [2.45, 2.75) is 18.2 Å². The second-order valence-corrected chi connectivity index (χ2v) is 6.97. The molecule has 0 bridgehead atoms. The molecule has 2 rings (SSSR count). The van der Waals surface area contributed by atoms with Gasteiger partial charge in [-0.25, -0.2) is 8.42 Å². The van der Waals surface area contributed by atoms with Crippen molar-refractivity contribution in [3.05, 3.63) is 59.7 Å². The van der Waals surface area contributed by atoms with E-state index in [9.17, 15) is 8.42 Å². The van der Waals surface area contributed by atoms with Crippen molar-refractivity contribution >= 4 is 32.9 Å². The molecular weight excluding hydrogens is 304 g/mol. The minimum absolute atomic E-state index is 0.245. The average molecular weight is 320 g/mol. The summed E-state index contributed by atoms with van der Waals surface area (Å²) in [6.45, 7) is 1.85. The normalized spacial score (nSPS) is 11.1. The second-order valence-electron chi connectivity index (χ2n) is 4.76. The first-order valence-electron chi connectivity index (χ1n) is 6.33. The molecule has 0 aliphatic rings. The van der Waals surface area contributed by atoms with Crippen molar-refractivity contribution in [2.24, 2.45) is 5.73 Å². The molecule has 0 saturated carbocycles. The predicted octanol–water partition coefficient (Wildman–Crippen LogP) is 2.62. The number of aryl methyl sites for hydroxylation is 1. The van der Waals surface area contributed by atoms with Gasteiger partial charge < -0.3 is 5.73 Å². The Bertz CT molecular complexity index is 753. The second kappa shape index (κ2) is 6.24. The van der Waals surface area contributed by atoms with Crippen LogP contribution in [-0.2, 0) is 16.4 Å². The van der Waals surface area contributed by atoms with Crippen molar-refractivity contribution in [2.75, 3.05) is 4.72 Å². The molecule has 0 spiro atoms. The summed E-state index contributed by atoms with van der Waals surface area (Å²) in [6, 6.07) is 13.8. The van der Waals surface area contributed by atoms with Crippen LogP contribution < -0.4 is 10.5 Å². The average Bonchev–Trinajstić information content (AvgIpc) is 2.40. The first-order chi connectivity index (χ1) is 9.87. The van der Waals surface area contributed by atoms with E-state index in [0.717, 1.165) is 11.1 Å². The Morgan fingerprint density at radius 3 is 2.43 bits per heavy atom. The van der Waals surface area contributed by atoms with Crippen LogP contribution in [0.15, 0.2) is 53.4 Å². The molecule has 0 aliphatic heterocycles. The fourth-order valence-electron chi connectivity index (χ4n) is 1.89. The zero-order valence-electron chi connectivity index (χ0n) is 11.5. The molecule has 0 heterocycles. The van der Waals surface area contributed by atoms with Crippen molar-refractivity contribution in [1.29, 1.82) is 0 Å². The molecule has 0 saturated heterocycles. The van der Waals surface area contributed by atoms with Crippen LogP contribution in [0.25, 0.3) is 0 Å². The number of anilines is 1. The number of benzene rings is 2. The van der Waals surface area contributed by atoms with Gasteiger partial charge in [-0.2, -0.15) is 0 Å². The van der Waals surface area contributed by atoms with E-state index >= 15 is 0 Å². The molecule has 0 aliphatic carbocycles. The Balaban J connectivity index is 2.19. The smallest absolute Gasteiger partial charge is 0.261 e. The molecule has 110 valence electrons. The van der Waals surface area contributed by atoms with Crippen LogP contribution >= 0.6 is 12.2 Å². The van der Waals surface area contributed by atoms with Gasteiger partial charge in [0.25, 0.3) is 10.0 Å². The summed E-state index contributed by atoms with van der Waals surface area (Å²) in [7, 11) is -3.57. The highest BCUT2D eigenvalue weighted by Gasteiger charge is 2.13. The van der Waals surface area contributed by atoms with Crippen molar-refractivity contribution in [1.82, 2.24) is 0 Å². The van der Waals surface area contributed by atoms with E-state index in [2.05, 4.69) is 4.72 Å². The maximum atomic E-state index is 12.3. The summed E-state index contributed by atoms with van der Waals surface area (Å²) in [6.07, 6.45) is 0.500. The summed E-state index contributed by atoms with van der Waals surface area (Å²) in [5.74, 6) is 0. The maximum Gasteiger partial charge on any atom is 0.261 e. The molecule has 0 radical (unpaired) electrons. The number of sulfonamides is 1. The van der Waals surface area contributed by atoms with E-state index in [-0.39, 0.29) is 4.90 Å². The lowest BCUT2D eigenvalue weighted by molar-refractivity contribution is 0.601. The first-order valence-corrected chi connectivity index (χ1v) is 8.23. The van der Waals surface area contributed by atoms with Crippen LogP contribution in [0.4, 0.5) is 5.69 Å². The first kappa shape index (κ1) is 15.5. The lowest BCUT2D eigenvalue weighted by atomic mass is 10.1. The number of nitrogens with one attached hydrogen (secondary N) is 1. The van der Waals surface area contributed by atoms with Gasteiger partial charge in [0.15, 0.2) is 0 Å². The van der Waals surface area contributed by atoms with Crippen LogP contribution in [0.3, 0.4) is 0 Å². The molecule has 6 heteroatoms. The van der Waals surface area contributed by atoms with Crippen LogP contribution in [0.2, 0.25) is 0 Å². The third kappa shape index (κ3) is 4.27. The number of hydrogen-bond donors (Lipinski definition) is 2.